The number of carbonyl (C=O) groups excluding carboxylic acids is 1. The highest BCUT2D eigenvalue weighted by molar-refractivity contribution is 5.81. The number of likely N-dealkylation sites (tertiary alicyclic amines) is 1. The fraction of sp³-hybridized carbons (Fsp3) is 0.600. The van der Waals surface area contributed by atoms with E-state index < -0.39 is 11.6 Å². The molecule has 1 aromatic carbocycles. The van der Waals surface area contributed by atoms with Gasteiger partial charge in [-0.2, -0.15) is 0 Å². The molecule has 0 radical (unpaired) electrons. The van der Waals surface area contributed by atoms with E-state index in [9.17, 15) is 19.1 Å². The average molecular weight is 378 g/mol. The van der Waals surface area contributed by atoms with Crippen LogP contribution >= 0.6 is 0 Å². The molecule has 0 unspecified atom stereocenters. The molecule has 0 spiro atoms. The van der Waals surface area contributed by atoms with Crippen LogP contribution < -0.4 is 10.1 Å². The Bertz CT molecular complexity index is 693. The highest BCUT2D eigenvalue weighted by Gasteiger charge is 2.45. The monoisotopic (exact) mass is 378 g/mol. The Hall–Kier alpha value is -2.15. The van der Waals surface area contributed by atoms with Crippen molar-refractivity contribution < 1.29 is 23.8 Å². The maximum absolute atomic E-state index is 13.3. The minimum absolute atomic E-state index is 0.0117. The van der Waals surface area contributed by atoms with E-state index in [2.05, 4.69) is 5.32 Å². The number of hydrogen-bond acceptors (Lipinski definition) is 4. The van der Waals surface area contributed by atoms with Crippen LogP contribution in [0, 0.1) is 18.7 Å². The first-order valence-electron chi connectivity index (χ1n) is 9.59. The first kappa shape index (κ1) is 19.6. The van der Waals surface area contributed by atoms with Crippen molar-refractivity contribution >= 4 is 11.9 Å². The van der Waals surface area contributed by atoms with Crippen molar-refractivity contribution in [1.82, 2.24) is 10.2 Å². The van der Waals surface area contributed by atoms with E-state index in [4.69, 9.17) is 4.74 Å². The molecule has 1 atom stereocenters. The van der Waals surface area contributed by atoms with Gasteiger partial charge in [0.25, 0.3) is 0 Å². The van der Waals surface area contributed by atoms with Gasteiger partial charge in [-0.3, -0.25) is 4.79 Å². The molecule has 148 valence electrons. The second-order valence-electron chi connectivity index (χ2n) is 7.51. The van der Waals surface area contributed by atoms with Crippen molar-refractivity contribution in [1.29, 1.82) is 0 Å². The number of halogens is 1. The molecule has 3 rings (SSSR count). The molecule has 0 aromatic heterocycles. The van der Waals surface area contributed by atoms with Crippen molar-refractivity contribution in [2.75, 3.05) is 26.2 Å². The Morgan fingerprint density at radius 1 is 1.26 bits per heavy atom. The van der Waals surface area contributed by atoms with Crippen LogP contribution in [-0.2, 0) is 9.59 Å². The summed E-state index contributed by atoms with van der Waals surface area (Å²) < 4.78 is 19.2. The molecule has 2 saturated heterocycles. The maximum atomic E-state index is 13.3. The van der Waals surface area contributed by atoms with Crippen LogP contribution in [0.3, 0.4) is 0 Å². The van der Waals surface area contributed by atoms with E-state index in [0.717, 1.165) is 32.4 Å². The van der Waals surface area contributed by atoms with Crippen LogP contribution in [-0.4, -0.2) is 53.7 Å². The number of piperidine rings is 1. The highest BCUT2D eigenvalue weighted by Crippen LogP contribution is 2.32. The molecule has 1 aromatic rings. The van der Waals surface area contributed by atoms with Gasteiger partial charge in [0.05, 0.1) is 0 Å². The third kappa shape index (κ3) is 4.40. The number of hydrogen-bond donors (Lipinski definition) is 2. The largest absolute Gasteiger partial charge is 0.478 e. The second-order valence-corrected chi connectivity index (χ2v) is 7.51. The van der Waals surface area contributed by atoms with Gasteiger partial charge in [-0.25, -0.2) is 9.18 Å². The third-order valence-electron chi connectivity index (χ3n) is 5.64. The van der Waals surface area contributed by atoms with Gasteiger partial charge in [-0.1, -0.05) is 0 Å². The molecular weight excluding hydrogens is 351 g/mol. The van der Waals surface area contributed by atoms with Gasteiger partial charge < -0.3 is 20.1 Å². The Morgan fingerprint density at radius 3 is 2.67 bits per heavy atom. The second kappa shape index (κ2) is 8.25. The van der Waals surface area contributed by atoms with Crippen molar-refractivity contribution in [3.8, 4) is 5.75 Å². The van der Waals surface area contributed by atoms with Gasteiger partial charge in [-0.05, 0) is 63.0 Å². The topological polar surface area (TPSA) is 78.9 Å². The number of aryl methyl sites for hydroxylation is 1. The number of carboxylic acids is 1. The smallest absolute Gasteiger partial charge is 0.348 e. The lowest BCUT2D eigenvalue weighted by atomic mass is 9.89. The summed E-state index contributed by atoms with van der Waals surface area (Å²) in [6.45, 7) is 4.18. The van der Waals surface area contributed by atoms with Gasteiger partial charge in [-0.15, -0.1) is 0 Å². The van der Waals surface area contributed by atoms with Crippen LogP contribution in [0.15, 0.2) is 18.2 Å². The summed E-state index contributed by atoms with van der Waals surface area (Å²) in [4.78, 5) is 26.6. The minimum atomic E-state index is -1.38. The Labute approximate surface area is 158 Å². The molecular formula is C20H27FN2O4. The van der Waals surface area contributed by atoms with Crippen molar-refractivity contribution in [3.63, 3.8) is 0 Å². The van der Waals surface area contributed by atoms with Gasteiger partial charge in [0.2, 0.25) is 11.5 Å². The summed E-state index contributed by atoms with van der Waals surface area (Å²) in [5.74, 6) is -0.929. The van der Waals surface area contributed by atoms with Crippen molar-refractivity contribution in [2.24, 2.45) is 5.92 Å². The van der Waals surface area contributed by atoms with Crippen LogP contribution in [0.5, 0.6) is 5.75 Å². The zero-order valence-electron chi connectivity index (χ0n) is 15.7. The van der Waals surface area contributed by atoms with Crippen molar-refractivity contribution in [3.05, 3.63) is 29.6 Å². The molecule has 2 aliphatic heterocycles. The molecule has 27 heavy (non-hydrogen) atoms. The van der Waals surface area contributed by atoms with Crippen LogP contribution in [0.25, 0.3) is 0 Å². The lowest BCUT2D eigenvalue weighted by Crippen LogP contribution is -2.55. The number of amides is 1. The van der Waals surface area contributed by atoms with Crippen molar-refractivity contribution in [2.45, 2.75) is 44.6 Å². The Balaban J connectivity index is 1.67. The van der Waals surface area contributed by atoms with Crippen LogP contribution in [0.4, 0.5) is 4.39 Å². The lowest BCUT2D eigenvalue weighted by Gasteiger charge is -2.40. The number of carbonyl (C=O) groups is 2. The van der Waals surface area contributed by atoms with Crippen LogP contribution in [0.2, 0.25) is 0 Å². The highest BCUT2D eigenvalue weighted by atomic mass is 19.1. The molecule has 0 saturated carbocycles. The number of rotatable bonds is 4. The molecule has 2 N–H and O–H groups in total. The van der Waals surface area contributed by atoms with E-state index in [-0.39, 0.29) is 30.5 Å². The zero-order valence-corrected chi connectivity index (χ0v) is 15.7. The summed E-state index contributed by atoms with van der Waals surface area (Å²) in [5, 5.41) is 13.1. The molecule has 2 heterocycles. The number of nitrogens with zero attached hydrogens (tertiary/aromatic N) is 1. The summed E-state index contributed by atoms with van der Waals surface area (Å²) in [7, 11) is 0. The minimum Gasteiger partial charge on any atom is -0.478 e. The molecule has 0 bridgehead atoms. The number of nitrogens with one attached hydrogen (secondary N) is 1. The van der Waals surface area contributed by atoms with E-state index in [0.29, 0.717) is 24.4 Å². The predicted octanol–water partition coefficient (Wildman–Crippen LogP) is 2.35. The first-order valence-corrected chi connectivity index (χ1v) is 9.59. The number of carboxylic acid groups (broad SMARTS) is 1. The summed E-state index contributed by atoms with van der Waals surface area (Å²) in [6.07, 6.45) is 3.12. The summed E-state index contributed by atoms with van der Waals surface area (Å²) in [5.41, 5.74) is -0.829. The SMILES string of the molecule is Cc1cc(F)ccc1OC1(C(=O)O)CCN(C(=O)[C@@H]2CCCNCC2)CC1. The molecule has 6 nitrogen and oxygen atoms in total. The number of aliphatic carboxylic acids is 1. The molecule has 2 fully saturated rings. The number of benzene rings is 1. The van der Waals surface area contributed by atoms with Gasteiger partial charge in [0.15, 0.2) is 0 Å². The average Bonchev–Trinajstić information content (AvgIpc) is 2.93. The number of ether oxygens (including phenoxy) is 1. The Kier molecular flexibility index (Phi) is 5.99. The Morgan fingerprint density at radius 2 is 2.00 bits per heavy atom. The van der Waals surface area contributed by atoms with E-state index in [1.54, 1.807) is 11.8 Å². The lowest BCUT2D eigenvalue weighted by molar-refractivity contribution is -0.162. The molecule has 1 amide bonds. The van der Waals surface area contributed by atoms with E-state index in [1.165, 1.54) is 18.2 Å². The van der Waals surface area contributed by atoms with E-state index >= 15 is 0 Å². The molecule has 2 aliphatic rings. The van der Waals surface area contributed by atoms with Crippen LogP contribution in [0.1, 0.15) is 37.7 Å². The summed E-state index contributed by atoms with van der Waals surface area (Å²) in [6, 6.07) is 4.05. The summed E-state index contributed by atoms with van der Waals surface area (Å²) >= 11 is 0. The fourth-order valence-corrected chi connectivity index (χ4v) is 3.91. The van der Waals surface area contributed by atoms with Gasteiger partial charge in [0.1, 0.15) is 11.6 Å². The zero-order chi connectivity index (χ0) is 19.4. The van der Waals surface area contributed by atoms with E-state index in [1.807, 2.05) is 0 Å². The molecule has 0 aliphatic carbocycles. The normalized spacial score (nSPS) is 22.7. The van der Waals surface area contributed by atoms with Gasteiger partial charge >= 0.3 is 5.97 Å². The predicted molar refractivity (Wildman–Crippen MR) is 98.2 cm³/mol. The quantitative estimate of drug-likeness (QED) is 0.841. The first-order chi connectivity index (χ1) is 12.9. The van der Waals surface area contributed by atoms with Gasteiger partial charge in [0, 0.05) is 31.8 Å². The maximum Gasteiger partial charge on any atom is 0.348 e. The standard InChI is InChI=1S/C20H27FN2O4/c1-14-13-16(21)4-5-17(14)27-20(19(25)26)7-11-23(12-8-20)18(24)15-3-2-9-22-10-6-15/h4-5,13,15,22H,2-3,6-12H2,1H3,(H,25,26)/t15-/m1/s1. The third-order valence-corrected chi connectivity index (χ3v) is 5.64. The molecule has 7 heteroatoms. The fourth-order valence-electron chi connectivity index (χ4n) is 3.91.